The van der Waals surface area contributed by atoms with Crippen molar-refractivity contribution in [2.24, 2.45) is 0 Å². The molecule has 0 heterocycles. The van der Waals surface area contributed by atoms with Gasteiger partial charge in [0, 0.05) is 22.0 Å². The van der Waals surface area contributed by atoms with Crippen molar-refractivity contribution < 1.29 is 9.53 Å². The van der Waals surface area contributed by atoms with Crippen LogP contribution < -0.4 is 10.1 Å². The van der Waals surface area contributed by atoms with E-state index in [4.69, 9.17) is 27.9 Å². The van der Waals surface area contributed by atoms with Gasteiger partial charge in [0.05, 0.1) is 0 Å². The van der Waals surface area contributed by atoms with Crippen LogP contribution in [0.3, 0.4) is 0 Å². The number of fused-ring (bicyclic) bond motifs is 1. The first-order chi connectivity index (χ1) is 12.6. The van der Waals surface area contributed by atoms with Crippen LogP contribution >= 0.6 is 23.2 Å². The average molecular weight is 388 g/mol. The molecule has 1 N–H and O–H groups in total. The number of nitrogens with one attached hydrogen (secondary N) is 1. The van der Waals surface area contributed by atoms with Crippen molar-refractivity contribution in [1.29, 1.82) is 0 Å². The molecule has 3 rings (SSSR count). The fourth-order valence-corrected chi connectivity index (χ4v) is 3.21. The van der Waals surface area contributed by atoms with Gasteiger partial charge in [-0.2, -0.15) is 0 Å². The maximum Gasteiger partial charge on any atom is 0.261 e. The Kier molecular flexibility index (Phi) is 6.02. The Bertz CT molecular complexity index is 922. The van der Waals surface area contributed by atoms with Gasteiger partial charge in [0.25, 0.3) is 5.91 Å². The molecule has 0 fully saturated rings. The molecule has 1 unspecified atom stereocenters. The quantitative estimate of drug-likeness (QED) is 0.595. The molecule has 5 heteroatoms. The molecule has 26 heavy (non-hydrogen) atoms. The summed E-state index contributed by atoms with van der Waals surface area (Å²) in [6.45, 7) is 2.24. The lowest BCUT2D eigenvalue weighted by atomic mass is 10.1. The molecule has 0 saturated carbocycles. The number of benzene rings is 3. The van der Waals surface area contributed by atoms with Crippen LogP contribution in [0.1, 0.15) is 18.9 Å². The minimum Gasteiger partial charge on any atom is -0.480 e. The Morgan fingerprint density at radius 3 is 2.62 bits per heavy atom. The number of hydrogen-bond acceptors (Lipinski definition) is 2. The highest BCUT2D eigenvalue weighted by Crippen LogP contribution is 2.26. The Labute approximate surface area is 162 Å². The lowest BCUT2D eigenvalue weighted by molar-refractivity contribution is -0.128. The fourth-order valence-electron chi connectivity index (χ4n) is 2.74. The zero-order valence-electron chi connectivity index (χ0n) is 14.3. The molecule has 0 aliphatic rings. The molecule has 3 aromatic carbocycles. The van der Waals surface area contributed by atoms with Crippen molar-refractivity contribution in [3.8, 4) is 5.75 Å². The predicted octanol–water partition coefficient (Wildman–Crippen LogP) is 5.62. The molecule has 0 aliphatic heterocycles. The topological polar surface area (TPSA) is 38.3 Å². The first-order valence-corrected chi connectivity index (χ1v) is 9.20. The Morgan fingerprint density at radius 2 is 1.85 bits per heavy atom. The van der Waals surface area contributed by atoms with E-state index in [9.17, 15) is 4.79 Å². The van der Waals surface area contributed by atoms with E-state index in [1.165, 1.54) is 0 Å². The van der Waals surface area contributed by atoms with E-state index in [1.807, 2.05) is 49.4 Å². The van der Waals surface area contributed by atoms with Crippen molar-refractivity contribution >= 4 is 39.9 Å². The Balaban J connectivity index is 1.70. The zero-order chi connectivity index (χ0) is 18.5. The maximum absolute atomic E-state index is 12.6. The molecule has 0 radical (unpaired) electrons. The summed E-state index contributed by atoms with van der Waals surface area (Å²) in [7, 11) is 0. The highest BCUT2D eigenvalue weighted by Gasteiger charge is 2.19. The molecule has 3 aromatic rings. The van der Waals surface area contributed by atoms with E-state index in [2.05, 4.69) is 5.32 Å². The van der Waals surface area contributed by atoms with Crippen LogP contribution in [0.25, 0.3) is 10.8 Å². The number of rotatable bonds is 6. The van der Waals surface area contributed by atoms with E-state index in [0.29, 0.717) is 28.8 Å². The second-order valence-electron chi connectivity index (χ2n) is 5.95. The van der Waals surface area contributed by atoms with Gasteiger partial charge in [-0.3, -0.25) is 4.79 Å². The molecular weight excluding hydrogens is 369 g/mol. The summed E-state index contributed by atoms with van der Waals surface area (Å²) >= 11 is 12.1. The van der Waals surface area contributed by atoms with Gasteiger partial charge in [0.1, 0.15) is 5.75 Å². The number of hydrogen-bond donors (Lipinski definition) is 1. The standard InChI is InChI=1S/C21H19Cl2NO2/c1-2-19(21(25)24-13-15-10-11-16(22)12-18(15)23)26-20-9-5-7-14-6-3-4-8-17(14)20/h3-12,19H,2,13H2,1H3,(H,24,25). The molecule has 134 valence electrons. The van der Waals surface area contributed by atoms with Crippen molar-refractivity contribution in [2.45, 2.75) is 26.0 Å². The molecule has 1 atom stereocenters. The van der Waals surface area contributed by atoms with E-state index >= 15 is 0 Å². The maximum atomic E-state index is 12.6. The number of carbonyl (C=O) groups excluding carboxylic acids is 1. The second-order valence-corrected chi connectivity index (χ2v) is 6.79. The van der Waals surface area contributed by atoms with Crippen LogP contribution in [0.15, 0.2) is 60.7 Å². The van der Waals surface area contributed by atoms with E-state index < -0.39 is 6.10 Å². The second kappa shape index (κ2) is 8.43. The highest BCUT2D eigenvalue weighted by molar-refractivity contribution is 6.35. The number of ether oxygens (including phenoxy) is 1. The lowest BCUT2D eigenvalue weighted by Gasteiger charge is -2.19. The molecule has 0 aliphatic carbocycles. The summed E-state index contributed by atoms with van der Waals surface area (Å²) in [6.07, 6.45) is -0.0180. The van der Waals surface area contributed by atoms with Crippen molar-refractivity contribution in [1.82, 2.24) is 5.32 Å². The molecule has 0 bridgehead atoms. The summed E-state index contributed by atoms with van der Waals surface area (Å²) in [5, 5.41) is 6.05. The van der Waals surface area contributed by atoms with Crippen molar-refractivity contribution in [3.05, 3.63) is 76.3 Å². The third-order valence-electron chi connectivity index (χ3n) is 4.15. The van der Waals surface area contributed by atoms with Gasteiger partial charge in [-0.1, -0.05) is 72.6 Å². The molecule has 1 amide bonds. The minimum absolute atomic E-state index is 0.175. The van der Waals surface area contributed by atoms with Crippen LogP contribution in [-0.2, 0) is 11.3 Å². The predicted molar refractivity (Wildman–Crippen MR) is 107 cm³/mol. The van der Waals surface area contributed by atoms with Gasteiger partial charge in [-0.15, -0.1) is 0 Å². The summed E-state index contributed by atoms with van der Waals surface area (Å²) in [5.74, 6) is 0.529. The van der Waals surface area contributed by atoms with Crippen LogP contribution in [0.5, 0.6) is 5.75 Å². The number of carbonyl (C=O) groups is 1. The third kappa shape index (κ3) is 4.29. The molecule has 0 saturated heterocycles. The Hall–Kier alpha value is -2.23. The highest BCUT2D eigenvalue weighted by atomic mass is 35.5. The summed E-state index contributed by atoms with van der Waals surface area (Å²) in [5.41, 5.74) is 0.810. The lowest BCUT2D eigenvalue weighted by Crippen LogP contribution is -2.37. The average Bonchev–Trinajstić information content (AvgIpc) is 2.65. The number of amides is 1. The monoisotopic (exact) mass is 387 g/mol. The molecule has 0 spiro atoms. The minimum atomic E-state index is -0.577. The zero-order valence-corrected chi connectivity index (χ0v) is 15.8. The first-order valence-electron chi connectivity index (χ1n) is 8.44. The molecule has 3 nitrogen and oxygen atoms in total. The largest absolute Gasteiger partial charge is 0.480 e. The summed E-state index contributed by atoms with van der Waals surface area (Å²) in [4.78, 5) is 12.6. The number of halogens is 2. The smallest absolute Gasteiger partial charge is 0.261 e. The fraction of sp³-hybridized carbons (Fsp3) is 0.190. The van der Waals surface area contributed by atoms with Gasteiger partial charge in [0.2, 0.25) is 0 Å². The van der Waals surface area contributed by atoms with Crippen LogP contribution in [0, 0.1) is 0 Å². The van der Waals surface area contributed by atoms with E-state index in [-0.39, 0.29) is 5.91 Å². The molecule has 0 aromatic heterocycles. The van der Waals surface area contributed by atoms with Gasteiger partial charge < -0.3 is 10.1 Å². The van der Waals surface area contributed by atoms with Gasteiger partial charge in [-0.05, 0) is 35.6 Å². The normalized spacial score (nSPS) is 12.0. The van der Waals surface area contributed by atoms with Crippen LogP contribution in [0.4, 0.5) is 0 Å². The van der Waals surface area contributed by atoms with Gasteiger partial charge in [0.15, 0.2) is 6.10 Å². The summed E-state index contributed by atoms with van der Waals surface area (Å²) in [6, 6.07) is 19.0. The van der Waals surface area contributed by atoms with Crippen molar-refractivity contribution in [2.75, 3.05) is 0 Å². The van der Waals surface area contributed by atoms with E-state index in [0.717, 1.165) is 16.3 Å². The third-order valence-corrected chi connectivity index (χ3v) is 4.74. The SMILES string of the molecule is CCC(Oc1cccc2ccccc12)C(=O)NCc1ccc(Cl)cc1Cl. The van der Waals surface area contributed by atoms with Gasteiger partial charge in [-0.25, -0.2) is 0 Å². The van der Waals surface area contributed by atoms with Crippen LogP contribution in [-0.4, -0.2) is 12.0 Å². The first kappa shape index (κ1) is 18.6. The summed E-state index contributed by atoms with van der Waals surface area (Å²) < 4.78 is 6.01. The van der Waals surface area contributed by atoms with Gasteiger partial charge >= 0.3 is 0 Å². The van der Waals surface area contributed by atoms with E-state index in [1.54, 1.807) is 18.2 Å². The van der Waals surface area contributed by atoms with Crippen molar-refractivity contribution in [3.63, 3.8) is 0 Å². The molecular formula is C21H19Cl2NO2. The Morgan fingerprint density at radius 1 is 1.08 bits per heavy atom. The van der Waals surface area contributed by atoms with Crippen LogP contribution in [0.2, 0.25) is 10.0 Å².